The van der Waals surface area contributed by atoms with Crippen molar-refractivity contribution in [2.24, 2.45) is 10.9 Å². The van der Waals surface area contributed by atoms with Crippen LogP contribution in [0.15, 0.2) is 29.3 Å². The van der Waals surface area contributed by atoms with Crippen molar-refractivity contribution in [2.45, 2.75) is 47.1 Å². The molecule has 8 nitrogen and oxygen atoms in total. The standard InChI is InChI=1S/C24H25IN4O4S/c1-12(2)11-32-24(31)33-19(30)10-18-22-28-27-15(5)29(22)23-20(13(3)14(4)34-23)21(26-18)16-6-8-17(25)9-7-16/h6-9,12,18H,10-11H2,1-5H3/t18-/m0/s1. The summed E-state index contributed by atoms with van der Waals surface area (Å²) in [6, 6.07) is 7.41. The fourth-order valence-corrected chi connectivity index (χ4v) is 5.26. The van der Waals surface area contributed by atoms with Gasteiger partial charge < -0.3 is 9.47 Å². The van der Waals surface area contributed by atoms with Crippen LogP contribution in [0.5, 0.6) is 0 Å². The number of rotatable bonds is 5. The first kappa shape index (κ1) is 24.5. The highest BCUT2D eigenvalue weighted by atomic mass is 127. The summed E-state index contributed by atoms with van der Waals surface area (Å²) in [5.41, 5.74) is 3.84. The van der Waals surface area contributed by atoms with Crippen molar-refractivity contribution in [1.82, 2.24) is 14.8 Å². The van der Waals surface area contributed by atoms with E-state index in [2.05, 4.69) is 46.6 Å². The highest BCUT2D eigenvalue weighted by Crippen LogP contribution is 2.39. The molecule has 34 heavy (non-hydrogen) atoms. The molecule has 10 heteroatoms. The number of halogens is 1. The van der Waals surface area contributed by atoms with Crippen molar-refractivity contribution in [1.29, 1.82) is 0 Å². The van der Waals surface area contributed by atoms with Crippen molar-refractivity contribution in [3.63, 3.8) is 0 Å². The molecule has 178 valence electrons. The smallest absolute Gasteiger partial charge is 0.434 e. The highest BCUT2D eigenvalue weighted by molar-refractivity contribution is 14.1. The molecule has 3 aromatic rings. The monoisotopic (exact) mass is 592 g/mol. The minimum Gasteiger partial charge on any atom is -0.434 e. The number of esters is 1. The third-order valence-electron chi connectivity index (χ3n) is 5.45. The third kappa shape index (κ3) is 4.92. The van der Waals surface area contributed by atoms with Crippen molar-refractivity contribution in [3.05, 3.63) is 61.1 Å². The van der Waals surface area contributed by atoms with Gasteiger partial charge in [-0.1, -0.05) is 26.0 Å². The molecule has 1 atom stereocenters. The van der Waals surface area contributed by atoms with Gasteiger partial charge in [0.2, 0.25) is 0 Å². The van der Waals surface area contributed by atoms with Crippen molar-refractivity contribution in [3.8, 4) is 5.00 Å². The predicted molar refractivity (Wildman–Crippen MR) is 138 cm³/mol. The van der Waals surface area contributed by atoms with E-state index < -0.39 is 18.2 Å². The average molecular weight is 592 g/mol. The van der Waals surface area contributed by atoms with Gasteiger partial charge in [0, 0.05) is 19.6 Å². The molecule has 0 N–H and O–H groups in total. The van der Waals surface area contributed by atoms with Crippen molar-refractivity contribution >= 4 is 51.8 Å². The molecule has 4 rings (SSSR count). The van der Waals surface area contributed by atoms with E-state index in [4.69, 9.17) is 14.5 Å². The highest BCUT2D eigenvalue weighted by Gasteiger charge is 2.33. The molecule has 0 unspecified atom stereocenters. The van der Waals surface area contributed by atoms with Gasteiger partial charge in [0.1, 0.15) is 16.9 Å². The summed E-state index contributed by atoms with van der Waals surface area (Å²) in [4.78, 5) is 30.8. The SMILES string of the molecule is Cc1sc2c(c1C)C(c1ccc(I)cc1)=N[C@@H](CC(=O)OC(=O)OCC(C)C)c1nnc(C)n1-2. The van der Waals surface area contributed by atoms with E-state index in [1.807, 2.05) is 49.6 Å². The normalized spacial score (nSPS) is 14.8. The zero-order chi connectivity index (χ0) is 24.6. The lowest BCUT2D eigenvalue weighted by atomic mass is 10.00. The molecule has 2 aromatic heterocycles. The van der Waals surface area contributed by atoms with Crippen LogP contribution in [0.1, 0.15) is 59.5 Å². The van der Waals surface area contributed by atoms with E-state index in [-0.39, 0.29) is 18.9 Å². The molecule has 0 aliphatic carbocycles. The topological polar surface area (TPSA) is 95.7 Å². The molecular weight excluding hydrogens is 567 g/mol. The lowest BCUT2D eigenvalue weighted by Crippen LogP contribution is -2.19. The summed E-state index contributed by atoms with van der Waals surface area (Å²) in [7, 11) is 0. The van der Waals surface area contributed by atoms with Gasteiger partial charge in [0.25, 0.3) is 0 Å². The van der Waals surface area contributed by atoms with Gasteiger partial charge in [-0.2, -0.15) is 0 Å². The molecule has 1 aliphatic heterocycles. The molecule has 3 heterocycles. The summed E-state index contributed by atoms with van der Waals surface area (Å²) in [6.07, 6.45) is -1.17. The number of hydrogen-bond donors (Lipinski definition) is 0. The molecule has 1 aromatic carbocycles. The first-order valence-electron chi connectivity index (χ1n) is 10.9. The number of aryl methyl sites for hydroxylation is 2. The Morgan fingerprint density at radius 3 is 2.53 bits per heavy atom. The first-order valence-corrected chi connectivity index (χ1v) is 12.8. The van der Waals surface area contributed by atoms with Gasteiger partial charge in [-0.3, -0.25) is 14.4 Å². The second-order valence-corrected chi connectivity index (χ2v) is 11.0. The van der Waals surface area contributed by atoms with Crippen LogP contribution in [0.3, 0.4) is 0 Å². The van der Waals surface area contributed by atoms with E-state index >= 15 is 0 Å². The Labute approximate surface area is 215 Å². The van der Waals surface area contributed by atoms with Gasteiger partial charge >= 0.3 is 12.1 Å². The lowest BCUT2D eigenvalue weighted by molar-refractivity contribution is -0.140. The zero-order valence-corrected chi connectivity index (χ0v) is 22.6. The molecule has 1 aliphatic rings. The molecule has 0 saturated heterocycles. The van der Waals surface area contributed by atoms with Crippen LogP contribution >= 0.6 is 33.9 Å². The lowest BCUT2D eigenvalue weighted by Gasteiger charge is -2.12. The van der Waals surface area contributed by atoms with Gasteiger partial charge in [0.05, 0.1) is 18.7 Å². The molecule has 0 spiro atoms. The summed E-state index contributed by atoms with van der Waals surface area (Å²) in [5.74, 6) is 0.645. The van der Waals surface area contributed by atoms with Gasteiger partial charge in [-0.05, 0) is 67.0 Å². The molecular formula is C24H25IN4O4S. The number of carbonyl (C=O) groups excluding carboxylic acids is 2. The maximum absolute atomic E-state index is 12.7. The summed E-state index contributed by atoms with van der Waals surface area (Å²) in [6.45, 7) is 10.0. The number of nitrogens with zero attached hydrogens (tertiary/aromatic N) is 4. The van der Waals surface area contributed by atoms with Crippen LogP contribution in [0.4, 0.5) is 4.79 Å². The summed E-state index contributed by atoms with van der Waals surface area (Å²) in [5, 5.41) is 9.59. The zero-order valence-electron chi connectivity index (χ0n) is 19.6. The molecule has 0 fully saturated rings. The first-order chi connectivity index (χ1) is 16.2. The number of thiophene rings is 1. The van der Waals surface area contributed by atoms with Crippen molar-refractivity contribution < 1.29 is 19.1 Å². The Hall–Kier alpha value is -2.60. The number of hydrogen-bond acceptors (Lipinski definition) is 8. The van der Waals surface area contributed by atoms with Crippen molar-refractivity contribution in [2.75, 3.05) is 6.61 Å². The predicted octanol–water partition coefficient (Wildman–Crippen LogP) is 5.48. The Morgan fingerprint density at radius 1 is 1.15 bits per heavy atom. The third-order valence-corrected chi connectivity index (χ3v) is 7.36. The number of aromatic nitrogens is 3. The minimum absolute atomic E-state index is 0.137. The quantitative estimate of drug-likeness (QED) is 0.221. The maximum Gasteiger partial charge on any atom is 0.516 e. The second-order valence-electron chi connectivity index (χ2n) is 8.54. The van der Waals surface area contributed by atoms with Gasteiger partial charge in [-0.25, -0.2) is 4.79 Å². The van der Waals surface area contributed by atoms with Gasteiger partial charge in [-0.15, -0.1) is 21.5 Å². The van der Waals surface area contributed by atoms with Crippen LogP contribution in [-0.2, 0) is 14.3 Å². The van der Waals surface area contributed by atoms with E-state index in [9.17, 15) is 9.59 Å². The fraction of sp³-hybridized carbons (Fsp3) is 0.375. The van der Waals surface area contributed by atoms with Crippen LogP contribution in [0, 0.1) is 30.3 Å². The molecule has 0 amide bonds. The number of benzene rings is 1. The van der Waals surface area contributed by atoms with Crippen LogP contribution < -0.4 is 0 Å². The van der Waals surface area contributed by atoms with Gasteiger partial charge in [0.15, 0.2) is 5.82 Å². The Kier molecular flexibility index (Phi) is 7.17. The number of carbonyl (C=O) groups is 2. The Balaban J connectivity index is 1.76. The largest absolute Gasteiger partial charge is 0.516 e. The number of aliphatic imine (C=N–C) groups is 1. The number of ether oxygens (including phenoxy) is 2. The minimum atomic E-state index is -1.00. The molecule has 0 bridgehead atoms. The Morgan fingerprint density at radius 2 is 1.85 bits per heavy atom. The summed E-state index contributed by atoms with van der Waals surface area (Å²) < 4.78 is 12.9. The van der Waals surface area contributed by atoms with E-state index in [1.165, 1.54) is 4.88 Å². The maximum atomic E-state index is 12.7. The van der Waals surface area contributed by atoms with E-state index in [1.54, 1.807) is 11.3 Å². The van der Waals surface area contributed by atoms with Crippen LogP contribution in [0.2, 0.25) is 0 Å². The Bertz CT molecular complexity index is 1280. The van der Waals surface area contributed by atoms with E-state index in [0.717, 1.165) is 31.0 Å². The van der Waals surface area contributed by atoms with Crippen LogP contribution in [0.25, 0.3) is 5.00 Å². The summed E-state index contributed by atoms with van der Waals surface area (Å²) >= 11 is 3.91. The van der Waals surface area contributed by atoms with E-state index in [0.29, 0.717) is 11.6 Å². The fourth-order valence-electron chi connectivity index (χ4n) is 3.69. The molecule has 0 radical (unpaired) electrons. The van der Waals surface area contributed by atoms with Crippen LogP contribution in [-0.4, -0.2) is 39.2 Å². The number of fused-ring (bicyclic) bond motifs is 3. The second kappa shape index (κ2) is 9.95. The average Bonchev–Trinajstić information content (AvgIpc) is 3.25. The molecule has 0 saturated carbocycles.